The Morgan fingerprint density at radius 3 is 2.40 bits per heavy atom. The molecule has 1 aromatic rings. The van der Waals surface area contributed by atoms with E-state index in [4.69, 9.17) is 9.47 Å². The van der Waals surface area contributed by atoms with Crippen LogP contribution in [-0.4, -0.2) is 42.1 Å². The first kappa shape index (κ1) is 23.8. The summed E-state index contributed by atoms with van der Waals surface area (Å²) in [6.07, 6.45) is 0.865. The van der Waals surface area contributed by atoms with Crippen molar-refractivity contribution in [1.29, 1.82) is 0 Å². The van der Waals surface area contributed by atoms with Crippen LogP contribution < -0.4 is 10.6 Å². The Morgan fingerprint density at radius 2 is 1.83 bits per heavy atom. The number of amides is 2. The van der Waals surface area contributed by atoms with Gasteiger partial charge >= 0.3 is 6.09 Å². The van der Waals surface area contributed by atoms with Crippen LogP contribution in [0.1, 0.15) is 52.7 Å². The zero-order chi connectivity index (χ0) is 22.7. The summed E-state index contributed by atoms with van der Waals surface area (Å²) in [6.45, 7) is 10.5. The largest absolute Gasteiger partial charge is 0.444 e. The van der Waals surface area contributed by atoms with Crippen LogP contribution in [0.3, 0.4) is 0 Å². The number of aldehydes is 1. The normalized spacial score (nSPS) is 17.1. The van der Waals surface area contributed by atoms with Crippen LogP contribution in [0.15, 0.2) is 12.1 Å². The van der Waals surface area contributed by atoms with E-state index in [2.05, 4.69) is 10.6 Å². The van der Waals surface area contributed by atoms with Crippen molar-refractivity contribution in [2.75, 3.05) is 11.9 Å². The average molecular weight is 422 g/mol. The van der Waals surface area contributed by atoms with Crippen LogP contribution in [-0.2, 0) is 31.9 Å². The number of nitrogens with one attached hydrogen (secondary N) is 2. The molecule has 1 unspecified atom stereocenters. The third-order valence-electron chi connectivity index (χ3n) is 4.39. The highest BCUT2D eigenvalue weighted by Crippen LogP contribution is 2.30. The number of hydrogen-bond donors (Lipinski definition) is 2. The van der Waals surface area contributed by atoms with Gasteiger partial charge in [0.15, 0.2) is 0 Å². The smallest absolute Gasteiger partial charge is 0.408 e. The Balaban J connectivity index is 2.14. The van der Waals surface area contributed by atoms with Gasteiger partial charge in [-0.2, -0.15) is 0 Å². The van der Waals surface area contributed by atoms with Gasteiger partial charge in [0.05, 0.1) is 12.2 Å². The molecule has 0 spiro atoms. The number of ether oxygens (including phenoxy) is 2. The molecule has 166 valence electrons. The van der Waals surface area contributed by atoms with E-state index in [1.807, 2.05) is 20.8 Å². The standard InChI is InChI=1S/C22H31FN2O5/c1-21(2,3)29-12-18(25-20(28)30-22(4,5)6)19(27)24-15-9-14-7-13(11-26)8-16(14)17(23)10-15/h9-11,13,18H,7-8,12H2,1-6H3,(H,24,27)(H,25,28)/t13?,18-/m1/s1. The summed E-state index contributed by atoms with van der Waals surface area (Å²) in [5.41, 5.74) is 0.204. The summed E-state index contributed by atoms with van der Waals surface area (Å²) in [6, 6.07) is 1.84. The van der Waals surface area contributed by atoms with Crippen molar-refractivity contribution < 1.29 is 28.2 Å². The molecule has 0 aromatic heterocycles. The van der Waals surface area contributed by atoms with E-state index in [0.717, 1.165) is 6.29 Å². The van der Waals surface area contributed by atoms with Gasteiger partial charge in [0.2, 0.25) is 5.91 Å². The minimum absolute atomic E-state index is 0.0881. The molecule has 1 aliphatic rings. The van der Waals surface area contributed by atoms with E-state index in [0.29, 0.717) is 24.0 Å². The van der Waals surface area contributed by atoms with Crippen LogP contribution >= 0.6 is 0 Å². The molecule has 30 heavy (non-hydrogen) atoms. The van der Waals surface area contributed by atoms with Gasteiger partial charge in [0.25, 0.3) is 0 Å². The highest BCUT2D eigenvalue weighted by atomic mass is 19.1. The second-order valence-corrected chi connectivity index (χ2v) is 9.51. The minimum Gasteiger partial charge on any atom is -0.444 e. The van der Waals surface area contributed by atoms with Gasteiger partial charge in [0.1, 0.15) is 23.7 Å². The molecule has 0 saturated heterocycles. The fourth-order valence-electron chi connectivity index (χ4n) is 3.08. The second-order valence-electron chi connectivity index (χ2n) is 9.51. The van der Waals surface area contributed by atoms with Crippen LogP contribution in [0.4, 0.5) is 14.9 Å². The molecule has 0 radical (unpaired) electrons. The summed E-state index contributed by atoms with van der Waals surface area (Å²) < 4.78 is 25.3. The monoisotopic (exact) mass is 422 g/mol. The summed E-state index contributed by atoms with van der Waals surface area (Å²) in [5.74, 6) is -1.27. The number of rotatable bonds is 6. The molecule has 1 aromatic carbocycles. The van der Waals surface area contributed by atoms with Crippen molar-refractivity contribution in [1.82, 2.24) is 5.32 Å². The Labute approximate surface area is 176 Å². The fourth-order valence-corrected chi connectivity index (χ4v) is 3.08. The maximum Gasteiger partial charge on any atom is 0.408 e. The van der Waals surface area contributed by atoms with Crippen molar-refractivity contribution in [2.24, 2.45) is 5.92 Å². The van der Waals surface area contributed by atoms with E-state index >= 15 is 0 Å². The van der Waals surface area contributed by atoms with Gasteiger partial charge in [-0.1, -0.05) is 0 Å². The molecule has 0 fully saturated rings. The summed E-state index contributed by atoms with van der Waals surface area (Å²) >= 11 is 0. The third kappa shape index (κ3) is 7.09. The SMILES string of the molecule is CC(C)(C)OC[C@@H](NC(=O)OC(C)(C)C)C(=O)Nc1cc(F)c2c(c1)CC(C=O)C2. The Kier molecular flexibility index (Phi) is 7.23. The molecule has 0 aliphatic heterocycles. The van der Waals surface area contributed by atoms with E-state index in [9.17, 15) is 18.8 Å². The molecule has 2 amide bonds. The lowest BCUT2D eigenvalue weighted by Gasteiger charge is -2.26. The molecule has 7 nitrogen and oxygen atoms in total. The van der Waals surface area contributed by atoms with Gasteiger partial charge in [-0.3, -0.25) is 4.79 Å². The van der Waals surface area contributed by atoms with Crippen LogP contribution in [0.5, 0.6) is 0 Å². The molecule has 0 heterocycles. The number of benzene rings is 1. The van der Waals surface area contributed by atoms with Gasteiger partial charge in [-0.15, -0.1) is 0 Å². The summed E-state index contributed by atoms with van der Waals surface area (Å²) in [7, 11) is 0. The molecule has 0 bridgehead atoms. The van der Waals surface area contributed by atoms with E-state index < -0.39 is 35.1 Å². The number of carbonyl (C=O) groups excluding carboxylic acids is 3. The molecular formula is C22H31FN2O5. The minimum atomic E-state index is -1.04. The zero-order valence-corrected chi connectivity index (χ0v) is 18.4. The van der Waals surface area contributed by atoms with Gasteiger partial charge in [0, 0.05) is 11.6 Å². The lowest BCUT2D eigenvalue weighted by molar-refractivity contribution is -0.121. The number of alkyl carbamates (subject to hydrolysis) is 1. The maximum atomic E-state index is 14.4. The number of anilines is 1. The molecule has 8 heteroatoms. The number of hydrogen-bond acceptors (Lipinski definition) is 5. The first-order valence-electron chi connectivity index (χ1n) is 9.98. The maximum absolute atomic E-state index is 14.4. The second kappa shape index (κ2) is 9.12. The van der Waals surface area contributed by atoms with Crippen molar-refractivity contribution in [2.45, 2.75) is 71.6 Å². The summed E-state index contributed by atoms with van der Waals surface area (Å²) in [5, 5.41) is 5.14. The van der Waals surface area contributed by atoms with Gasteiger partial charge in [-0.05, 0) is 77.6 Å². The Morgan fingerprint density at radius 1 is 1.17 bits per heavy atom. The number of carbonyl (C=O) groups is 3. The van der Waals surface area contributed by atoms with Gasteiger partial charge < -0.3 is 24.9 Å². The molecule has 2 rings (SSSR count). The molecular weight excluding hydrogens is 391 g/mol. The van der Waals surface area contributed by atoms with Crippen molar-refractivity contribution in [3.8, 4) is 0 Å². The average Bonchev–Trinajstić information content (AvgIpc) is 3.00. The lowest BCUT2D eigenvalue weighted by atomic mass is 10.1. The van der Waals surface area contributed by atoms with E-state index in [1.54, 1.807) is 26.8 Å². The highest BCUT2D eigenvalue weighted by Gasteiger charge is 2.28. The first-order valence-corrected chi connectivity index (χ1v) is 9.98. The van der Waals surface area contributed by atoms with Crippen molar-refractivity contribution in [3.05, 3.63) is 29.1 Å². The quantitative estimate of drug-likeness (QED) is 0.686. The molecule has 1 aliphatic carbocycles. The van der Waals surface area contributed by atoms with Crippen molar-refractivity contribution in [3.63, 3.8) is 0 Å². The molecule has 2 atom stereocenters. The fraction of sp³-hybridized carbons (Fsp3) is 0.591. The molecule has 2 N–H and O–H groups in total. The Bertz CT molecular complexity index is 811. The van der Waals surface area contributed by atoms with Crippen LogP contribution in [0.25, 0.3) is 0 Å². The predicted molar refractivity (Wildman–Crippen MR) is 111 cm³/mol. The first-order chi connectivity index (χ1) is 13.8. The predicted octanol–water partition coefficient (Wildman–Crippen LogP) is 3.39. The van der Waals surface area contributed by atoms with E-state index in [-0.39, 0.29) is 18.2 Å². The molecule has 0 saturated carbocycles. The Hall–Kier alpha value is -2.48. The van der Waals surface area contributed by atoms with E-state index in [1.165, 1.54) is 6.07 Å². The summed E-state index contributed by atoms with van der Waals surface area (Å²) in [4.78, 5) is 36.0. The number of fused-ring (bicyclic) bond motifs is 1. The topological polar surface area (TPSA) is 93.7 Å². The van der Waals surface area contributed by atoms with Crippen LogP contribution in [0.2, 0.25) is 0 Å². The zero-order valence-electron chi connectivity index (χ0n) is 18.4. The highest BCUT2D eigenvalue weighted by molar-refractivity contribution is 5.96. The van der Waals surface area contributed by atoms with Gasteiger partial charge in [-0.25, -0.2) is 9.18 Å². The number of halogens is 1. The third-order valence-corrected chi connectivity index (χ3v) is 4.39. The van der Waals surface area contributed by atoms with Crippen LogP contribution in [0, 0.1) is 11.7 Å². The van der Waals surface area contributed by atoms with Crippen molar-refractivity contribution >= 4 is 24.0 Å². The lowest BCUT2D eigenvalue weighted by Crippen LogP contribution is -2.49.